The second-order valence-electron chi connectivity index (χ2n) is 2.51. The summed E-state index contributed by atoms with van der Waals surface area (Å²) in [6, 6.07) is 0. The maximum absolute atomic E-state index is 10.6. The Morgan fingerprint density at radius 2 is 2.15 bits per heavy atom. The van der Waals surface area contributed by atoms with E-state index in [-0.39, 0.29) is 11.5 Å². The Hall–Kier alpha value is 0.0600. The van der Waals surface area contributed by atoms with E-state index in [1.807, 2.05) is 0 Å². The Kier molecular flexibility index (Phi) is 5.75. The van der Waals surface area contributed by atoms with Crippen molar-refractivity contribution in [3.8, 4) is 0 Å². The van der Waals surface area contributed by atoms with E-state index in [0.717, 1.165) is 6.26 Å². The summed E-state index contributed by atoms with van der Waals surface area (Å²) in [4.78, 5) is 10.2. The minimum atomic E-state index is -2.95. The monoisotopic (exact) mass is 246 g/mol. The molecule has 0 amide bonds. The van der Waals surface area contributed by atoms with Gasteiger partial charge >= 0.3 is 5.97 Å². The lowest BCUT2D eigenvalue weighted by Gasteiger charge is -2.02. The molecule has 0 fully saturated rings. The first kappa shape index (κ1) is 13.1. The van der Waals surface area contributed by atoms with Crippen LogP contribution in [0.25, 0.3) is 0 Å². The third kappa shape index (κ3) is 8.39. The first-order valence-electron chi connectivity index (χ1n) is 3.45. The topological polar surface area (TPSA) is 71.4 Å². The molecule has 0 aromatic heterocycles. The number of sulfone groups is 1. The first-order valence-corrected chi connectivity index (χ1v) is 7.10. The van der Waals surface area contributed by atoms with Gasteiger partial charge in [0, 0.05) is 17.8 Å². The van der Waals surface area contributed by atoms with Gasteiger partial charge in [-0.2, -0.15) is 11.8 Å². The molecule has 0 bridgehead atoms. The predicted molar refractivity (Wildman–Crippen MR) is 54.3 cm³/mol. The number of hydrogen-bond donors (Lipinski definition) is 1. The standard InChI is InChI=1S/C6H11ClO4S2/c1-13(10,11)3-2-12-4-5(7)6(8)9/h5H,2-4H2,1H3,(H,8,9). The molecule has 0 spiro atoms. The van der Waals surface area contributed by atoms with Crippen LogP contribution in [0.1, 0.15) is 0 Å². The van der Waals surface area contributed by atoms with Crippen LogP contribution in [0.15, 0.2) is 0 Å². The third-order valence-corrected chi connectivity index (χ3v) is 3.92. The summed E-state index contributed by atoms with van der Waals surface area (Å²) >= 11 is 6.62. The van der Waals surface area contributed by atoms with Crippen LogP contribution in [0.3, 0.4) is 0 Å². The molecule has 0 aliphatic heterocycles. The molecule has 0 saturated heterocycles. The molecule has 4 nitrogen and oxygen atoms in total. The molecule has 0 radical (unpaired) electrons. The lowest BCUT2D eigenvalue weighted by Crippen LogP contribution is -2.16. The highest BCUT2D eigenvalue weighted by Crippen LogP contribution is 2.08. The van der Waals surface area contributed by atoms with Crippen LogP contribution < -0.4 is 0 Å². The van der Waals surface area contributed by atoms with E-state index < -0.39 is 21.2 Å². The molecule has 0 aliphatic carbocycles. The van der Waals surface area contributed by atoms with Gasteiger partial charge in [-0.3, -0.25) is 4.79 Å². The summed E-state index contributed by atoms with van der Waals surface area (Å²) in [6.07, 6.45) is 1.14. The van der Waals surface area contributed by atoms with Gasteiger partial charge in [0.15, 0.2) is 0 Å². The Bertz CT molecular complexity index is 262. The summed E-state index contributed by atoms with van der Waals surface area (Å²) in [5.41, 5.74) is 0. The fourth-order valence-electron chi connectivity index (χ4n) is 0.468. The Balaban J connectivity index is 3.53. The average molecular weight is 247 g/mol. The van der Waals surface area contributed by atoms with Crippen LogP contribution in [0, 0.1) is 0 Å². The van der Waals surface area contributed by atoms with E-state index in [1.54, 1.807) is 0 Å². The molecule has 78 valence electrons. The molecular weight excluding hydrogens is 236 g/mol. The number of hydrogen-bond acceptors (Lipinski definition) is 4. The summed E-state index contributed by atoms with van der Waals surface area (Å²) in [7, 11) is -2.95. The highest BCUT2D eigenvalue weighted by atomic mass is 35.5. The zero-order chi connectivity index (χ0) is 10.5. The SMILES string of the molecule is CS(=O)(=O)CCSCC(Cl)C(=O)O. The molecule has 1 unspecified atom stereocenters. The van der Waals surface area contributed by atoms with E-state index in [4.69, 9.17) is 16.7 Å². The number of carboxylic acid groups (broad SMARTS) is 1. The molecule has 13 heavy (non-hydrogen) atoms. The number of alkyl halides is 1. The van der Waals surface area contributed by atoms with Crippen LogP contribution in [0.5, 0.6) is 0 Å². The van der Waals surface area contributed by atoms with Crippen LogP contribution in [-0.4, -0.2) is 48.4 Å². The molecule has 0 aliphatic rings. The molecule has 1 atom stereocenters. The van der Waals surface area contributed by atoms with E-state index in [2.05, 4.69) is 0 Å². The Morgan fingerprint density at radius 3 is 2.54 bits per heavy atom. The Morgan fingerprint density at radius 1 is 1.62 bits per heavy atom. The maximum atomic E-state index is 10.6. The van der Waals surface area contributed by atoms with Gasteiger partial charge in [-0.1, -0.05) is 0 Å². The summed E-state index contributed by atoms with van der Waals surface area (Å²) in [5.74, 6) is -0.406. The Labute approximate surface area is 86.6 Å². The zero-order valence-electron chi connectivity index (χ0n) is 7.07. The molecule has 0 aromatic carbocycles. The average Bonchev–Trinajstić information content (AvgIpc) is 1.95. The molecule has 1 N–H and O–H groups in total. The van der Waals surface area contributed by atoms with Crippen molar-refractivity contribution in [1.82, 2.24) is 0 Å². The fraction of sp³-hybridized carbons (Fsp3) is 0.833. The number of halogens is 1. The van der Waals surface area contributed by atoms with Crippen molar-refractivity contribution in [2.45, 2.75) is 5.38 Å². The van der Waals surface area contributed by atoms with Crippen molar-refractivity contribution >= 4 is 39.2 Å². The van der Waals surface area contributed by atoms with Gasteiger partial charge in [0.2, 0.25) is 0 Å². The predicted octanol–water partition coefficient (Wildman–Crippen LogP) is 0.456. The largest absolute Gasteiger partial charge is 0.480 e. The number of aliphatic carboxylic acids is 1. The zero-order valence-corrected chi connectivity index (χ0v) is 9.45. The summed E-state index contributed by atoms with van der Waals surface area (Å²) < 4.78 is 21.3. The van der Waals surface area contributed by atoms with Crippen molar-refractivity contribution < 1.29 is 18.3 Å². The second kappa shape index (κ2) is 5.72. The second-order valence-corrected chi connectivity index (χ2v) is 6.45. The van der Waals surface area contributed by atoms with Gasteiger partial charge in [-0.05, 0) is 0 Å². The van der Waals surface area contributed by atoms with E-state index in [0.29, 0.717) is 5.75 Å². The highest BCUT2D eigenvalue weighted by Gasteiger charge is 2.13. The van der Waals surface area contributed by atoms with Crippen molar-refractivity contribution in [2.24, 2.45) is 0 Å². The van der Waals surface area contributed by atoms with Crippen LogP contribution in [0.4, 0.5) is 0 Å². The van der Waals surface area contributed by atoms with Crippen LogP contribution in [0.2, 0.25) is 0 Å². The fourth-order valence-corrected chi connectivity index (χ4v) is 2.93. The van der Waals surface area contributed by atoms with Gasteiger partial charge in [0.05, 0.1) is 5.75 Å². The lowest BCUT2D eigenvalue weighted by molar-refractivity contribution is -0.136. The summed E-state index contributed by atoms with van der Waals surface area (Å²) in [5, 5.41) is 7.44. The molecule has 7 heteroatoms. The van der Waals surface area contributed by atoms with Gasteiger partial charge in [-0.25, -0.2) is 8.42 Å². The van der Waals surface area contributed by atoms with Gasteiger partial charge in [0.25, 0.3) is 0 Å². The molecule has 0 aromatic rings. The van der Waals surface area contributed by atoms with Crippen molar-refractivity contribution in [2.75, 3.05) is 23.5 Å². The number of carbonyl (C=O) groups is 1. The van der Waals surface area contributed by atoms with Gasteiger partial charge in [0.1, 0.15) is 15.2 Å². The van der Waals surface area contributed by atoms with E-state index in [9.17, 15) is 13.2 Å². The third-order valence-electron chi connectivity index (χ3n) is 1.13. The number of rotatable bonds is 6. The van der Waals surface area contributed by atoms with Crippen LogP contribution in [-0.2, 0) is 14.6 Å². The number of thioether (sulfide) groups is 1. The molecule has 0 heterocycles. The summed E-state index contributed by atoms with van der Waals surface area (Å²) in [6.45, 7) is 0. The van der Waals surface area contributed by atoms with E-state index >= 15 is 0 Å². The molecule has 0 rings (SSSR count). The molecular formula is C6H11ClO4S2. The van der Waals surface area contributed by atoms with E-state index in [1.165, 1.54) is 11.8 Å². The van der Waals surface area contributed by atoms with Gasteiger partial charge < -0.3 is 5.11 Å². The maximum Gasteiger partial charge on any atom is 0.322 e. The molecule has 0 saturated carbocycles. The first-order chi connectivity index (χ1) is 5.83. The smallest absolute Gasteiger partial charge is 0.322 e. The normalized spacial score (nSPS) is 14.0. The number of carboxylic acids is 1. The van der Waals surface area contributed by atoms with Crippen molar-refractivity contribution in [3.05, 3.63) is 0 Å². The highest BCUT2D eigenvalue weighted by molar-refractivity contribution is 8.00. The quantitative estimate of drug-likeness (QED) is 0.545. The minimum absolute atomic E-state index is 0.0564. The van der Waals surface area contributed by atoms with Crippen molar-refractivity contribution in [1.29, 1.82) is 0 Å². The van der Waals surface area contributed by atoms with Crippen molar-refractivity contribution in [3.63, 3.8) is 0 Å². The minimum Gasteiger partial charge on any atom is -0.480 e. The van der Waals surface area contributed by atoms with Gasteiger partial charge in [-0.15, -0.1) is 11.6 Å². The van der Waals surface area contributed by atoms with Crippen LogP contribution >= 0.6 is 23.4 Å². The lowest BCUT2D eigenvalue weighted by atomic mass is 10.5.